The largest absolute Gasteiger partial charge is 0.396 e. The third-order valence-corrected chi connectivity index (χ3v) is 4.73. The van der Waals surface area contributed by atoms with Crippen molar-refractivity contribution >= 4 is 34.4 Å². The van der Waals surface area contributed by atoms with Crippen LogP contribution in [0.4, 0.5) is 22.2 Å². The predicted molar refractivity (Wildman–Crippen MR) is 112 cm³/mol. The maximum atomic E-state index is 12.4. The number of ether oxygens (including phenoxy) is 1. The Hall–Kier alpha value is -3.23. The van der Waals surface area contributed by atoms with Gasteiger partial charge in [-0.15, -0.1) is 0 Å². The number of aliphatic hydroxyl groups excluding tert-OH is 1. The molecule has 4 rings (SSSR count). The van der Waals surface area contributed by atoms with E-state index in [0.717, 1.165) is 35.4 Å². The number of hydrogen-bond donors (Lipinski definition) is 3. The molecule has 1 fully saturated rings. The van der Waals surface area contributed by atoms with Gasteiger partial charge in [-0.2, -0.15) is 4.98 Å². The highest BCUT2D eigenvalue weighted by Gasteiger charge is 2.18. The molecule has 1 aromatic heterocycles. The number of nitrogens with one attached hydrogen (secondary N) is 2. The van der Waals surface area contributed by atoms with Crippen molar-refractivity contribution in [2.24, 2.45) is 0 Å². The van der Waals surface area contributed by atoms with Crippen LogP contribution in [0.3, 0.4) is 0 Å². The van der Waals surface area contributed by atoms with Crippen molar-refractivity contribution in [2.45, 2.75) is 6.42 Å². The van der Waals surface area contributed by atoms with Crippen LogP contribution in [-0.4, -0.2) is 54.0 Å². The topological polar surface area (TPSA) is 99.6 Å². The predicted octanol–water partition coefficient (Wildman–Crippen LogP) is 2.65. The molecule has 1 aliphatic rings. The van der Waals surface area contributed by atoms with Gasteiger partial charge in [0.05, 0.1) is 18.7 Å². The molecule has 150 valence electrons. The van der Waals surface area contributed by atoms with Crippen LogP contribution in [0.25, 0.3) is 10.9 Å². The zero-order chi connectivity index (χ0) is 20.1. The van der Waals surface area contributed by atoms with Crippen LogP contribution in [0.2, 0.25) is 0 Å². The highest BCUT2D eigenvalue weighted by atomic mass is 16.5. The maximum Gasteiger partial charge on any atom is 0.326 e. The third-order valence-electron chi connectivity index (χ3n) is 4.73. The van der Waals surface area contributed by atoms with E-state index in [-0.39, 0.29) is 12.6 Å². The lowest BCUT2D eigenvalue weighted by Gasteiger charge is -2.28. The molecule has 29 heavy (non-hydrogen) atoms. The van der Waals surface area contributed by atoms with E-state index in [4.69, 9.17) is 9.84 Å². The molecule has 3 aromatic rings. The molecular weight excluding hydrogens is 370 g/mol. The number of urea groups is 1. The number of amides is 2. The number of fused-ring (bicyclic) bond motifs is 1. The summed E-state index contributed by atoms with van der Waals surface area (Å²) < 4.78 is 5.44. The van der Waals surface area contributed by atoms with E-state index >= 15 is 0 Å². The first-order chi connectivity index (χ1) is 14.2. The number of anilines is 3. The van der Waals surface area contributed by atoms with Crippen LogP contribution in [0, 0.1) is 0 Å². The highest BCUT2D eigenvalue weighted by molar-refractivity contribution is 6.00. The highest BCUT2D eigenvalue weighted by Crippen LogP contribution is 2.26. The van der Waals surface area contributed by atoms with Crippen LogP contribution in [0.15, 0.2) is 48.5 Å². The second-order valence-corrected chi connectivity index (χ2v) is 6.74. The van der Waals surface area contributed by atoms with E-state index in [9.17, 15) is 4.79 Å². The average Bonchev–Trinajstić information content (AvgIpc) is 2.75. The molecule has 0 atom stereocenters. The van der Waals surface area contributed by atoms with Gasteiger partial charge in [0.25, 0.3) is 0 Å². The van der Waals surface area contributed by atoms with Crippen molar-refractivity contribution in [3.63, 3.8) is 0 Å². The molecule has 0 bridgehead atoms. The molecule has 0 spiro atoms. The molecule has 1 aliphatic heterocycles. The number of para-hydroxylation sites is 1. The Balaban J connectivity index is 1.53. The van der Waals surface area contributed by atoms with Crippen molar-refractivity contribution in [3.8, 4) is 0 Å². The first-order valence-corrected chi connectivity index (χ1v) is 9.60. The molecule has 2 amide bonds. The fourth-order valence-electron chi connectivity index (χ4n) is 3.28. The summed E-state index contributed by atoms with van der Waals surface area (Å²) in [7, 11) is 0. The minimum atomic E-state index is -0.414. The second kappa shape index (κ2) is 8.85. The van der Waals surface area contributed by atoms with Gasteiger partial charge < -0.3 is 20.1 Å². The normalized spacial score (nSPS) is 14.0. The smallest absolute Gasteiger partial charge is 0.326 e. The monoisotopic (exact) mass is 393 g/mol. The molecule has 8 nitrogen and oxygen atoms in total. The van der Waals surface area contributed by atoms with Gasteiger partial charge in [-0.3, -0.25) is 5.32 Å². The summed E-state index contributed by atoms with van der Waals surface area (Å²) in [5.74, 6) is 1.04. The number of carbonyl (C=O) groups is 1. The zero-order valence-corrected chi connectivity index (χ0v) is 16.0. The van der Waals surface area contributed by atoms with Crippen molar-refractivity contribution in [3.05, 3.63) is 54.1 Å². The van der Waals surface area contributed by atoms with Gasteiger partial charge in [-0.05, 0) is 36.2 Å². The number of rotatable bonds is 5. The summed E-state index contributed by atoms with van der Waals surface area (Å²) in [5, 5.41) is 15.4. The Kier molecular flexibility index (Phi) is 5.83. The van der Waals surface area contributed by atoms with Gasteiger partial charge in [-0.1, -0.05) is 24.3 Å². The van der Waals surface area contributed by atoms with Crippen molar-refractivity contribution in [1.29, 1.82) is 0 Å². The standard InChI is InChI=1S/C21H23N5O3/c27-12-9-15-5-7-16(8-6-15)22-21(28)25-20-23-18-4-2-1-3-17(18)19(24-20)26-10-13-29-14-11-26/h1-8,27H,9-14H2,(H2,22,23,24,25,28). The van der Waals surface area contributed by atoms with Gasteiger partial charge in [0.1, 0.15) is 5.82 Å². The SMILES string of the molecule is O=C(Nc1ccc(CCO)cc1)Nc1nc(N2CCOCC2)c2ccccc2n1. The summed E-state index contributed by atoms with van der Waals surface area (Å²) in [5.41, 5.74) is 2.43. The minimum Gasteiger partial charge on any atom is -0.396 e. The quantitative estimate of drug-likeness (QED) is 0.616. The molecular formula is C21H23N5O3. The molecule has 0 unspecified atom stereocenters. The summed E-state index contributed by atoms with van der Waals surface area (Å²) in [4.78, 5) is 23.7. The van der Waals surface area contributed by atoms with Crippen LogP contribution < -0.4 is 15.5 Å². The van der Waals surface area contributed by atoms with E-state index in [1.54, 1.807) is 12.1 Å². The average molecular weight is 393 g/mol. The lowest BCUT2D eigenvalue weighted by atomic mass is 10.1. The van der Waals surface area contributed by atoms with E-state index in [1.165, 1.54) is 0 Å². The summed E-state index contributed by atoms with van der Waals surface area (Å²) >= 11 is 0. The van der Waals surface area contributed by atoms with Crippen LogP contribution in [0.5, 0.6) is 0 Å². The molecule has 3 N–H and O–H groups in total. The van der Waals surface area contributed by atoms with Crippen molar-refractivity contribution in [1.82, 2.24) is 9.97 Å². The van der Waals surface area contributed by atoms with Crippen LogP contribution in [-0.2, 0) is 11.2 Å². The lowest BCUT2D eigenvalue weighted by molar-refractivity contribution is 0.122. The Labute approximate surface area is 168 Å². The van der Waals surface area contributed by atoms with Gasteiger partial charge in [-0.25, -0.2) is 9.78 Å². The molecule has 1 saturated heterocycles. The number of morpholine rings is 1. The summed E-state index contributed by atoms with van der Waals surface area (Å²) in [6, 6.07) is 14.7. The van der Waals surface area contributed by atoms with Gasteiger partial charge in [0.15, 0.2) is 0 Å². The number of carbonyl (C=O) groups excluding carboxylic acids is 1. The van der Waals surface area contributed by atoms with E-state index in [2.05, 4.69) is 25.5 Å². The van der Waals surface area contributed by atoms with E-state index in [1.807, 2.05) is 36.4 Å². The van der Waals surface area contributed by atoms with E-state index < -0.39 is 6.03 Å². The summed E-state index contributed by atoms with van der Waals surface area (Å²) in [6.07, 6.45) is 0.585. The van der Waals surface area contributed by atoms with Gasteiger partial charge in [0, 0.05) is 30.8 Å². The fourth-order valence-corrected chi connectivity index (χ4v) is 3.28. The first-order valence-electron chi connectivity index (χ1n) is 9.60. The molecule has 2 heterocycles. The lowest BCUT2D eigenvalue weighted by Crippen LogP contribution is -2.37. The van der Waals surface area contributed by atoms with Crippen LogP contribution >= 0.6 is 0 Å². The van der Waals surface area contributed by atoms with Crippen LogP contribution in [0.1, 0.15) is 5.56 Å². The van der Waals surface area contributed by atoms with Gasteiger partial charge >= 0.3 is 6.03 Å². The number of nitrogens with zero attached hydrogens (tertiary/aromatic N) is 3. The summed E-state index contributed by atoms with van der Waals surface area (Å²) in [6.45, 7) is 2.87. The van der Waals surface area contributed by atoms with Gasteiger partial charge in [0.2, 0.25) is 5.95 Å². The second-order valence-electron chi connectivity index (χ2n) is 6.74. The Morgan fingerprint density at radius 2 is 1.79 bits per heavy atom. The zero-order valence-electron chi connectivity index (χ0n) is 16.0. The fraction of sp³-hybridized carbons (Fsp3) is 0.286. The Bertz CT molecular complexity index is 987. The first kappa shape index (κ1) is 19.1. The van der Waals surface area contributed by atoms with E-state index in [0.29, 0.717) is 25.3 Å². The van der Waals surface area contributed by atoms with Crippen molar-refractivity contribution in [2.75, 3.05) is 48.4 Å². The number of aromatic nitrogens is 2. The van der Waals surface area contributed by atoms with Crippen molar-refractivity contribution < 1.29 is 14.6 Å². The Morgan fingerprint density at radius 1 is 1.03 bits per heavy atom. The minimum absolute atomic E-state index is 0.0953. The molecule has 8 heteroatoms. The molecule has 0 saturated carbocycles. The number of hydrogen-bond acceptors (Lipinski definition) is 6. The number of aliphatic hydroxyl groups is 1. The maximum absolute atomic E-state index is 12.4. The molecule has 0 aliphatic carbocycles. The Morgan fingerprint density at radius 3 is 2.55 bits per heavy atom. The molecule has 0 radical (unpaired) electrons. The third kappa shape index (κ3) is 4.61. The number of benzene rings is 2. The molecule has 2 aromatic carbocycles.